The number of methoxy groups -OCH3 is 1. The molecule has 0 saturated carbocycles. The van der Waals surface area contributed by atoms with Crippen LogP contribution in [0.3, 0.4) is 0 Å². The average Bonchev–Trinajstić information content (AvgIpc) is 2.54. The fourth-order valence-corrected chi connectivity index (χ4v) is 2.73. The second-order valence-corrected chi connectivity index (χ2v) is 5.96. The monoisotopic (exact) mass is 327 g/mol. The zero-order valence-electron chi connectivity index (χ0n) is 12.7. The molecule has 0 aliphatic carbocycles. The lowest BCUT2D eigenvalue weighted by molar-refractivity contribution is 0.0925. The van der Waals surface area contributed by atoms with E-state index in [2.05, 4.69) is 15.2 Å². The standard InChI is InChI=1S/C15H22ClN3O3/c1-22-7-6-19-4-2-11(3-5-19)9-17-14(20)12-8-13(16)15(21)18-10-12/h8,10-11H,2-7,9H2,1H3,(H,17,20)(H,18,21). The largest absolute Gasteiger partial charge is 0.383 e. The van der Waals surface area contributed by atoms with Crippen LogP contribution in [0, 0.1) is 5.92 Å². The third-order valence-corrected chi connectivity index (χ3v) is 4.27. The van der Waals surface area contributed by atoms with Crippen molar-refractivity contribution in [3.63, 3.8) is 0 Å². The maximum Gasteiger partial charge on any atom is 0.266 e. The van der Waals surface area contributed by atoms with Crippen molar-refractivity contribution in [2.24, 2.45) is 5.92 Å². The number of pyridine rings is 1. The summed E-state index contributed by atoms with van der Waals surface area (Å²) in [5.74, 6) is 0.279. The first kappa shape index (κ1) is 17.0. The second-order valence-electron chi connectivity index (χ2n) is 5.55. The number of aromatic amines is 1. The Balaban J connectivity index is 1.75. The van der Waals surface area contributed by atoms with Crippen LogP contribution >= 0.6 is 11.6 Å². The molecule has 2 heterocycles. The second kappa shape index (κ2) is 8.31. The molecule has 7 heteroatoms. The molecule has 0 radical (unpaired) electrons. The number of hydrogen-bond acceptors (Lipinski definition) is 4. The number of carbonyl (C=O) groups is 1. The number of halogens is 1. The van der Waals surface area contributed by atoms with Crippen molar-refractivity contribution >= 4 is 17.5 Å². The first-order valence-corrected chi connectivity index (χ1v) is 7.85. The van der Waals surface area contributed by atoms with Crippen LogP contribution < -0.4 is 10.9 Å². The lowest BCUT2D eigenvalue weighted by atomic mass is 9.96. The van der Waals surface area contributed by atoms with Crippen molar-refractivity contribution in [2.45, 2.75) is 12.8 Å². The van der Waals surface area contributed by atoms with E-state index < -0.39 is 0 Å². The van der Waals surface area contributed by atoms with Gasteiger partial charge >= 0.3 is 0 Å². The number of hydrogen-bond donors (Lipinski definition) is 2. The average molecular weight is 328 g/mol. The molecule has 0 atom stereocenters. The highest BCUT2D eigenvalue weighted by Crippen LogP contribution is 2.16. The van der Waals surface area contributed by atoms with Gasteiger partial charge in [0.2, 0.25) is 0 Å². The summed E-state index contributed by atoms with van der Waals surface area (Å²) in [6.07, 6.45) is 3.52. The predicted octanol–water partition coefficient (Wildman–Crippen LogP) is 1.12. The Morgan fingerprint density at radius 2 is 2.23 bits per heavy atom. The number of rotatable bonds is 6. The third kappa shape index (κ3) is 4.83. The van der Waals surface area contributed by atoms with Gasteiger partial charge in [-0.1, -0.05) is 11.6 Å². The first-order valence-electron chi connectivity index (χ1n) is 7.48. The molecule has 1 fully saturated rings. The number of ether oxygens (including phenoxy) is 1. The molecule has 1 aliphatic rings. The number of piperidine rings is 1. The maximum atomic E-state index is 12.0. The molecule has 0 bridgehead atoms. The number of amides is 1. The van der Waals surface area contributed by atoms with Crippen molar-refractivity contribution in [2.75, 3.05) is 39.9 Å². The summed E-state index contributed by atoms with van der Waals surface area (Å²) >= 11 is 5.72. The van der Waals surface area contributed by atoms with E-state index in [9.17, 15) is 9.59 Å². The topological polar surface area (TPSA) is 74.4 Å². The molecule has 1 aromatic rings. The number of H-pyrrole nitrogens is 1. The molecule has 22 heavy (non-hydrogen) atoms. The van der Waals surface area contributed by atoms with E-state index >= 15 is 0 Å². The van der Waals surface area contributed by atoms with Crippen LogP contribution in [0.1, 0.15) is 23.2 Å². The lowest BCUT2D eigenvalue weighted by Gasteiger charge is -2.31. The van der Waals surface area contributed by atoms with Crippen LogP contribution in [0.25, 0.3) is 0 Å². The molecule has 1 aliphatic heterocycles. The van der Waals surface area contributed by atoms with Crippen LogP contribution in [-0.4, -0.2) is 55.7 Å². The molecule has 6 nitrogen and oxygen atoms in total. The van der Waals surface area contributed by atoms with Gasteiger partial charge in [-0.15, -0.1) is 0 Å². The van der Waals surface area contributed by atoms with E-state index in [0.717, 1.165) is 39.1 Å². The Bertz CT molecular complexity index is 553. The van der Waals surface area contributed by atoms with Crippen LogP contribution in [0.5, 0.6) is 0 Å². The van der Waals surface area contributed by atoms with E-state index in [-0.39, 0.29) is 16.5 Å². The van der Waals surface area contributed by atoms with Gasteiger partial charge in [0.15, 0.2) is 0 Å². The summed E-state index contributed by atoms with van der Waals surface area (Å²) in [5.41, 5.74) is -0.0104. The van der Waals surface area contributed by atoms with Crippen molar-refractivity contribution in [3.05, 3.63) is 33.2 Å². The highest BCUT2D eigenvalue weighted by Gasteiger charge is 2.19. The number of nitrogens with one attached hydrogen (secondary N) is 2. The normalized spacial score (nSPS) is 16.6. The van der Waals surface area contributed by atoms with E-state index in [1.165, 1.54) is 12.3 Å². The lowest BCUT2D eigenvalue weighted by Crippen LogP contribution is -2.39. The highest BCUT2D eigenvalue weighted by atomic mass is 35.5. The molecular formula is C15H22ClN3O3. The number of nitrogens with zero attached hydrogens (tertiary/aromatic N) is 1. The van der Waals surface area contributed by atoms with Gasteiger partial charge in [0, 0.05) is 26.4 Å². The van der Waals surface area contributed by atoms with Crippen molar-refractivity contribution < 1.29 is 9.53 Å². The molecule has 0 aromatic carbocycles. The quantitative estimate of drug-likeness (QED) is 0.821. The Morgan fingerprint density at radius 1 is 1.50 bits per heavy atom. The zero-order valence-corrected chi connectivity index (χ0v) is 13.5. The van der Waals surface area contributed by atoms with Gasteiger partial charge in [-0.25, -0.2) is 0 Å². The van der Waals surface area contributed by atoms with Gasteiger partial charge in [-0.2, -0.15) is 0 Å². The minimum Gasteiger partial charge on any atom is -0.383 e. The Kier molecular flexibility index (Phi) is 6.42. The van der Waals surface area contributed by atoms with Gasteiger partial charge in [0.25, 0.3) is 11.5 Å². The van der Waals surface area contributed by atoms with Gasteiger partial charge in [-0.05, 0) is 37.9 Å². The molecular weight excluding hydrogens is 306 g/mol. The molecule has 0 unspecified atom stereocenters. The molecule has 1 saturated heterocycles. The van der Waals surface area contributed by atoms with E-state index in [1.807, 2.05) is 0 Å². The van der Waals surface area contributed by atoms with Crippen molar-refractivity contribution in [1.82, 2.24) is 15.2 Å². The van der Waals surface area contributed by atoms with Crippen LogP contribution in [0.2, 0.25) is 5.02 Å². The number of likely N-dealkylation sites (tertiary alicyclic amines) is 1. The van der Waals surface area contributed by atoms with Gasteiger partial charge in [-0.3, -0.25) is 9.59 Å². The summed E-state index contributed by atoms with van der Waals surface area (Å²) in [5, 5.41) is 2.94. The highest BCUT2D eigenvalue weighted by molar-refractivity contribution is 6.30. The first-order chi connectivity index (χ1) is 10.6. The zero-order chi connectivity index (χ0) is 15.9. The van der Waals surface area contributed by atoms with E-state index in [1.54, 1.807) is 7.11 Å². The minimum absolute atomic E-state index is 0.0269. The van der Waals surface area contributed by atoms with Crippen molar-refractivity contribution in [3.8, 4) is 0 Å². The summed E-state index contributed by atoms with van der Waals surface area (Å²) in [6.45, 7) is 4.44. The Morgan fingerprint density at radius 3 is 2.86 bits per heavy atom. The fourth-order valence-electron chi connectivity index (χ4n) is 2.56. The molecule has 0 spiro atoms. The van der Waals surface area contributed by atoms with Gasteiger partial charge < -0.3 is 19.9 Å². The van der Waals surface area contributed by atoms with E-state index in [4.69, 9.17) is 16.3 Å². The SMILES string of the molecule is COCCN1CCC(CNC(=O)c2c[nH]c(=O)c(Cl)c2)CC1. The minimum atomic E-state index is -0.387. The Hall–Kier alpha value is -1.37. The number of carbonyl (C=O) groups excluding carboxylic acids is 1. The molecule has 2 N–H and O–H groups in total. The predicted molar refractivity (Wildman–Crippen MR) is 85.4 cm³/mol. The van der Waals surface area contributed by atoms with E-state index in [0.29, 0.717) is 18.0 Å². The summed E-state index contributed by atoms with van der Waals surface area (Å²) in [6, 6.07) is 1.39. The Labute approximate surface area is 134 Å². The molecule has 1 amide bonds. The summed E-state index contributed by atoms with van der Waals surface area (Å²) in [7, 11) is 1.71. The fraction of sp³-hybridized carbons (Fsp3) is 0.600. The molecule has 122 valence electrons. The molecule has 2 rings (SSSR count). The number of aromatic nitrogens is 1. The summed E-state index contributed by atoms with van der Waals surface area (Å²) < 4.78 is 5.08. The van der Waals surface area contributed by atoms with Crippen molar-refractivity contribution in [1.29, 1.82) is 0 Å². The van der Waals surface area contributed by atoms with Crippen LogP contribution in [0.15, 0.2) is 17.1 Å². The van der Waals surface area contributed by atoms with Crippen LogP contribution in [0.4, 0.5) is 0 Å². The van der Waals surface area contributed by atoms with Gasteiger partial charge in [0.05, 0.1) is 12.2 Å². The molecule has 1 aromatic heterocycles. The maximum absolute atomic E-state index is 12.0. The third-order valence-electron chi connectivity index (χ3n) is 3.99. The summed E-state index contributed by atoms with van der Waals surface area (Å²) in [4.78, 5) is 28.0. The smallest absolute Gasteiger partial charge is 0.266 e. The van der Waals surface area contributed by atoms with Gasteiger partial charge in [0.1, 0.15) is 5.02 Å². The van der Waals surface area contributed by atoms with Crippen LogP contribution in [-0.2, 0) is 4.74 Å².